The van der Waals surface area contributed by atoms with Gasteiger partial charge in [-0.3, -0.25) is 4.98 Å². The predicted octanol–water partition coefficient (Wildman–Crippen LogP) is 6.32. The molecular weight excluding hydrogens is 415 g/mol. The fourth-order valence-electron chi connectivity index (χ4n) is 4.31. The van der Waals surface area contributed by atoms with Crippen LogP contribution in [0.2, 0.25) is 10.0 Å². The Balaban J connectivity index is 1.54. The average molecular weight is 435 g/mol. The van der Waals surface area contributed by atoms with Gasteiger partial charge in [0.2, 0.25) is 0 Å². The van der Waals surface area contributed by atoms with E-state index < -0.39 is 0 Å². The van der Waals surface area contributed by atoms with Crippen LogP contribution in [0.15, 0.2) is 66.9 Å². The SMILES string of the molecule is Cn1c(-c2ccc(-c3ccccn3)cc2Cl)nnc1C1(c2ccc(Cl)cc2)CCC1. The second-order valence-corrected chi connectivity index (χ2v) is 8.60. The molecule has 4 aromatic rings. The summed E-state index contributed by atoms with van der Waals surface area (Å²) in [5, 5.41) is 10.5. The van der Waals surface area contributed by atoms with Crippen LogP contribution in [-0.4, -0.2) is 19.7 Å². The molecule has 0 unspecified atom stereocenters. The van der Waals surface area contributed by atoms with Crippen molar-refractivity contribution in [3.05, 3.63) is 88.3 Å². The predicted molar refractivity (Wildman–Crippen MR) is 121 cm³/mol. The summed E-state index contributed by atoms with van der Waals surface area (Å²) < 4.78 is 2.08. The Morgan fingerprint density at radius 2 is 1.73 bits per heavy atom. The summed E-state index contributed by atoms with van der Waals surface area (Å²) in [6, 6.07) is 19.9. The van der Waals surface area contributed by atoms with Crippen molar-refractivity contribution in [2.24, 2.45) is 7.05 Å². The molecule has 2 aromatic heterocycles. The maximum Gasteiger partial charge on any atom is 0.165 e. The third-order valence-corrected chi connectivity index (χ3v) is 6.64. The topological polar surface area (TPSA) is 43.6 Å². The molecule has 0 radical (unpaired) electrons. The molecule has 0 saturated heterocycles. The van der Waals surface area contributed by atoms with E-state index in [0.717, 1.165) is 46.3 Å². The molecule has 0 bridgehead atoms. The first-order chi connectivity index (χ1) is 14.6. The van der Waals surface area contributed by atoms with Gasteiger partial charge in [0.15, 0.2) is 5.82 Å². The van der Waals surface area contributed by atoms with Crippen molar-refractivity contribution in [2.75, 3.05) is 0 Å². The van der Waals surface area contributed by atoms with Gasteiger partial charge in [0, 0.05) is 29.4 Å². The van der Waals surface area contributed by atoms with E-state index in [4.69, 9.17) is 23.2 Å². The third-order valence-electron chi connectivity index (χ3n) is 6.08. The minimum Gasteiger partial charge on any atom is -0.313 e. The molecule has 0 N–H and O–H groups in total. The molecule has 6 heteroatoms. The van der Waals surface area contributed by atoms with Crippen molar-refractivity contribution in [1.29, 1.82) is 0 Å². The molecule has 4 nitrogen and oxygen atoms in total. The van der Waals surface area contributed by atoms with Gasteiger partial charge in [-0.25, -0.2) is 0 Å². The zero-order valence-electron chi connectivity index (χ0n) is 16.5. The summed E-state index contributed by atoms with van der Waals surface area (Å²) >= 11 is 12.8. The van der Waals surface area contributed by atoms with E-state index in [9.17, 15) is 0 Å². The molecule has 150 valence electrons. The van der Waals surface area contributed by atoms with Gasteiger partial charge >= 0.3 is 0 Å². The Bertz CT molecular complexity index is 1200. The summed E-state index contributed by atoms with van der Waals surface area (Å²) in [7, 11) is 2.02. The fourth-order valence-corrected chi connectivity index (χ4v) is 4.70. The van der Waals surface area contributed by atoms with Gasteiger partial charge in [0.1, 0.15) is 5.82 Å². The van der Waals surface area contributed by atoms with Crippen molar-refractivity contribution in [1.82, 2.24) is 19.7 Å². The minimum absolute atomic E-state index is 0.120. The second kappa shape index (κ2) is 7.53. The van der Waals surface area contributed by atoms with Gasteiger partial charge in [0.05, 0.1) is 16.1 Å². The van der Waals surface area contributed by atoms with Crippen LogP contribution >= 0.6 is 23.2 Å². The van der Waals surface area contributed by atoms with Gasteiger partial charge in [-0.2, -0.15) is 0 Å². The lowest BCUT2D eigenvalue weighted by molar-refractivity contribution is 0.278. The maximum atomic E-state index is 6.67. The van der Waals surface area contributed by atoms with Gasteiger partial charge in [0.25, 0.3) is 0 Å². The van der Waals surface area contributed by atoms with Crippen LogP contribution in [0.4, 0.5) is 0 Å². The Labute approximate surface area is 185 Å². The summed E-state index contributed by atoms with van der Waals surface area (Å²) in [5.74, 6) is 1.73. The average Bonchev–Trinajstić information content (AvgIpc) is 3.11. The zero-order chi connectivity index (χ0) is 20.7. The smallest absolute Gasteiger partial charge is 0.165 e. The van der Waals surface area contributed by atoms with Crippen LogP contribution in [0.5, 0.6) is 0 Å². The molecule has 1 fully saturated rings. The number of aromatic nitrogens is 4. The monoisotopic (exact) mass is 434 g/mol. The van der Waals surface area contributed by atoms with Crippen molar-refractivity contribution < 1.29 is 0 Å². The van der Waals surface area contributed by atoms with Gasteiger partial charge < -0.3 is 4.57 Å². The molecule has 1 aliphatic rings. The zero-order valence-corrected chi connectivity index (χ0v) is 18.0. The molecule has 2 heterocycles. The van der Waals surface area contributed by atoms with Crippen LogP contribution in [0.3, 0.4) is 0 Å². The molecule has 30 heavy (non-hydrogen) atoms. The number of pyridine rings is 1. The number of nitrogens with zero attached hydrogens (tertiary/aromatic N) is 4. The van der Waals surface area contributed by atoms with Crippen LogP contribution in [0, 0.1) is 0 Å². The normalized spacial score (nSPS) is 15.0. The van der Waals surface area contributed by atoms with Crippen molar-refractivity contribution >= 4 is 23.2 Å². The Kier molecular flexibility index (Phi) is 4.84. The lowest BCUT2D eigenvalue weighted by atomic mass is 9.64. The van der Waals surface area contributed by atoms with Gasteiger partial charge in [-0.15, -0.1) is 10.2 Å². The number of benzene rings is 2. The first-order valence-corrected chi connectivity index (χ1v) is 10.7. The first-order valence-electron chi connectivity index (χ1n) is 9.96. The van der Waals surface area contributed by atoms with E-state index >= 15 is 0 Å². The summed E-state index contributed by atoms with van der Waals surface area (Å²) in [4.78, 5) is 4.40. The second-order valence-electron chi connectivity index (χ2n) is 7.76. The molecule has 1 aliphatic carbocycles. The van der Waals surface area contributed by atoms with Crippen molar-refractivity contribution in [2.45, 2.75) is 24.7 Å². The molecule has 1 saturated carbocycles. The van der Waals surface area contributed by atoms with E-state index in [1.165, 1.54) is 12.0 Å². The summed E-state index contributed by atoms with van der Waals surface area (Å²) in [6.45, 7) is 0. The lowest BCUT2D eigenvalue weighted by Gasteiger charge is -2.41. The quantitative estimate of drug-likeness (QED) is 0.377. The van der Waals surface area contributed by atoms with E-state index in [0.29, 0.717) is 5.02 Å². The Hall–Kier alpha value is -2.69. The third kappa shape index (κ3) is 3.11. The van der Waals surface area contributed by atoms with Crippen LogP contribution in [-0.2, 0) is 12.5 Å². The van der Waals surface area contributed by atoms with Gasteiger partial charge in [-0.1, -0.05) is 53.9 Å². The number of hydrogen-bond donors (Lipinski definition) is 0. The highest BCUT2D eigenvalue weighted by molar-refractivity contribution is 6.33. The standard InChI is InChI=1S/C24H20Cl2N4/c1-30-22(19-11-6-16(15-20(19)26)21-5-2-3-14-27-21)28-29-23(30)24(12-4-13-24)17-7-9-18(25)10-8-17/h2-3,5-11,14-15H,4,12-13H2,1H3. The van der Waals surface area contributed by atoms with Crippen LogP contribution < -0.4 is 0 Å². The molecule has 0 amide bonds. The molecule has 0 atom stereocenters. The molecular formula is C24H20Cl2N4. The molecule has 2 aromatic carbocycles. The van der Waals surface area contributed by atoms with Gasteiger partial charge in [-0.05, 0) is 54.8 Å². The molecule has 0 spiro atoms. The van der Waals surface area contributed by atoms with E-state index in [1.54, 1.807) is 6.20 Å². The highest BCUT2D eigenvalue weighted by Crippen LogP contribution is 2.49. The highest BCUT2D eigenvalue weighted by Gasteiger charge is 2.44. The molecule has 0 aliphatic heterocycles. The van der Waals surface area contributed by atoms with E-state index in [2.05, 4.69) is 31.9 Å². The number of rotatable bonds is 4. The number of halogens is 2. The van der Waals surface area contributed by atoms with Crippen LogP contribution in [0.1, 0.15) is 30.7 Å². The van der Waals surface area contributed by atoms with E-state index in [-0.39, 0.29) is 5.41 Å². The fraction of sp³-hybridized carbons (Fsp3) is 0.208. The Morgan fingerprint density at radius 3 is 2.37 bits per heavy atom. The lowest BCUT2D eigenvalue weighted by Crippen LogP contribution is -2.38. The largest absolute Gasteiger partial charge is 0.313 e. The van der Waals surface area contributed by atoms with Crippen molar-refractivity contribution in [3.8, 4) is 22.6 Å². The van der Waals surface area contributed by atoms with Crippen molar-refractivity contribution in [3.63, 3.8) is 0 Å². The summed E-state index contributed by atoms with van der Waals surface area (Å²) in [6.07, 6.45) is 5.05. The molecule has 5 rings (SSSR count). The highest BCUT2D eigenvalue weighted by atomic mass is 35.5. The Morgan fingerprint density at radius 1 is 0.933 bits per heavy atom. The maximum absolute atomic E-state index is 6.67. The minimum atomic E-state index is -0.120. The van der Waals surface area contributed by atoms with Crippen LogP contribution in [0.25, 0.3) is 22.6 Å². The van der Waals surface area contributed by atoms with E-state index in [1.807, 2.05) is 55.6 Å². The first kappa shape index (κ1) is 19.3. The number of hydrogen-bond acceptors (Lipinski definition) is 3. The summed E-state index contributed by atoms with van der Waals surface area (Å²) in [5.41, 5.74) is 3.84.